The van der Waals surface area contributed by atoms with E-state index in [2.05, 4.69) is 5.32 Å². The van der Waals surface area contributed by atoms with Gasteiger partial charge in [-0.25, -0.2) is 0 Å². The lowest BCUT2D eigenvalue weighted by Gasteiger charge is -2.13. The highest BCUT2D eigenvalue weighted by Gasteiger charge is 2.28. The Hall–Kier alpha value is -0.930. The smallest absolute Gasteiger partial charge is 0.258 e. The fourth-order valence-corrected chi connectivity index (χ4v) is 2.01. The summed E-state index contributed by atoms with van der Waals surface area (Å²) in [5, 5.41) is 3.80. The maximum Gasteiger partial charge on any atom is 0.258 e. The van der Waals surface area contributed by atoms with Gasteiger partial charge < -0.3 is 10.1 Å². The molecule has 1 saturated carbocycles. The summed E-state index contributed by atoms with van der Waals surface area (Å²) >= 11 is 11.6. The number of carbonyl (C=O) groups excluding carboxylic acids is 1. The van der Waals surface area contributed by atoms with Gasteiger partial charge in [-0.1, -0.05) is 23.2 Å². The van der Waals surface area contributed by atoms with Crippen LogP contribution in [-0.2, 0) is 4.79 Å². The summed E-state index contributed by atoms with van der Waals surface area (Å²) in [5.74, 6) is 1.07. The van der Waals surface area contributed by atoms with Crippen LogP contribution in [0.25, 0.3) is 0 Å². The SMILES string of the molecule is CC(NC(=O)COc1ccc(Cl)c(Cl)c1)C1CC1. The van der Waals surface area contributed by atoms with E-state index >= 15 is 0 Å². The van der Waals surface area contributed by atoms with Crippen molar-refractivity contribution in [1.29, 1.82) is 0 Å². The van der Waals surface area contributed by atoms with Crippen molar-refractivity contribution in [2.45, 2.75) is 25.8 Å². The zero-order valence-electron chi connectivity index (χ0n) is 10.1. The van der Waals surface area contributed by atoms with Crippen LogP contribution in [0.5, 0.6) is 5.75 Å². The van der Waals surface area contributed by atoms with Crippen molar-refractivity contribution in [3.63, 3.8) is 0 Å². The molecule has 2 rings (SSSR count). The summed E-state index contributed by atoms with van der Waals surface area (Å²) in [7, 11) is 0. The quantitative estimate of drug-likeness (QED) is 0.903. The van der Waals surface area contributed by atoms with Crippen LogP contribution in [-0.4, -0.2) is 18.6 Å². The molecule has 0 aliphatic heterocycles. The number of amides is 1. The third kappa shape index (κ3) is 3.79. The lowest BCUT2D eigenvalue weighted by atomic mass is 10.2. The molecule has 0 spiro atoms. The lowest BCUT2D eigenvalue weighted by Crippen LogP contribution is -2.37. The van der Waals surface area contributed by atoms with Gasteiger partial charge in [-0.05, 0) is 37.8 Å². The van der Waals surface area contributed by atoms with E-state index in [0.717, 1.165) is 0 Å². The zero-order chi connectivity index (χ0) is 13.1. The van der Waals surface area contributed by atoms with Crippen LogP contribution in [0, 0.1) is 5.92 Å². The average Bonchev–Trinajstić information content (AvgIpc) is 3.14. The molecule has 98 valence electrons. The molecular formula is C13H15Cl2NO2. The third-order valence-electron chi connectivity index (χ3n) is 2.98. The molecular weight excluding hydrogens is 273 g/mol. The molecule has 1 aliphatic rings. The zero-order valence-corrected chi connectivity index (χ0v) is 11.6. The number of hydrogen-bond acceptors (Lipinski definition) is 2. The fourth-order valence-electron chi connectivity index (χ4n) is 1.73. The summed E-state index contributed by atoms with van der Waals surface area (Å²) in [6, 6.07) is 5.16. The molecule has 1 aliphatic carbocycles. The van der Waals surface area contributed by atoms with Gasteiger partial charge in [0, 0.05) is 12.1 Å². The van der Waals surface area contributed by atoms with Gasteiger partial charge in [0.05, 0.1) is 10.0 Å². The van der Waals surface area contributed by atoms with E-state index in [9.17, 15) is 4.79 Å². The lowest BCUT2D eigenvalue weighted by molar-refractivity contribution is -0.123. The average molecular weight is 288 g/mol. The number of benzene rings is 1. The first-order valence-electron chi connectivity index (χ1n) is 5.93. The van der Waals surface area contributed by atoms with Gasteiger partial charge in [0.1, 0.15) is 5.75 Å². The normalized spacial score (nSPS) is 16.2. The highest BCUT2D eigenvalue weighted by atomic mass is 35.5. The van der Waals surface area contributed by atoms with E-state index in [1.165, 1.54) is 12.8 Å². The van der Waals surface area contributed by atoms with Crippen LogP contribution in [0.15, 0.2) is 18.2 Å². The molecule has 1 fully saturated rings. The number of hydrogen-bond donors (Lipinski definition) is 1. The second kappa shape index (κ2) is 5.81. The van der Waals surface area contributed by atoms with Gasteiger partial charge in [-0.15, -0.1) is 0 Å². The summed E-state index contributed by atoms with van der Waals surface area (Å²) < 4.78 is 5.35. The Morgan fingerprint density at radius 2 is 2.17 bits per heavy atom. The molecule has 1 N–H and O–H groups in total. The molecule has 0 radical (unpaired) electrons. The summed E-state index contributed by atoms with van der Waals surface area (Å²) in [6.45, 7) is 2.02. The largest absolute Gasteiger partial charge is 0.484 e. The molecule has 1 amide bonds. The Morgan fingerprint density at radius 3 is 2.78 bits per heavy atom. The van der Waals surface area contributed by atoms with Crippen molar-refractivity contribution in [2.24, 2.45) is 5.92 Å². The van der Waals surface area contributed by atoms with Crippen molar-refractivity contribution in [3.8, 4) is 5.75 Å². The molecule has 18 heavy (non-hydrogen) atoms. The monoisotopic (exact) mass is 287 g/mol. The number of halogens is 2. The van der Waals surface area contributed by atoms with Crippen molar-refractivity contribution in [2.75, 3.05) is 6.61 Å². The van der Waals surface area contributed by atoms with Gasteiger partial charge in [0.25, 0.3) is 5.91 Å². The van der Waals surface area contributed by atoms with Gasteiger partial charge in [-0.3, -0.25) is 4.79 Å². The predicted octanol–water partition coefficient (Wildman–Crippen LogP) is 3.29. The van der Waals surface area contributed by atoms with E-state index < -0.39 is 0 Å². The molecule has 0 saturated heterocycles. The molecule has 1 aromatic rings. The number of nitrogens with one attached hydrogen (secondary N) is 1. The topological polar surface area (TPSA) is 38.3 Å². The maximum absolute atomic E-state index is 11.6. The van der Waals surface area contributed by atoms with Crippen LogP contribution >= 0.6 is 23.2 Å². The minimum atomic E-state index is -0.111. The van der Waals surface area contributed by atoms with Crippen LogP contribution in [0.2, 0.25) is 10.0 Å². The minimum absolute atomic E-state index is 0.00494. The Morgan fingerprint density at radius 1 is 1.44 bits per heavy atom. The molecule has 0 bridgehead atoms. The highest BCUT2D eigenvalue weighted by Crippen LogP contribution is 2.32. The van der Waals surface area contributed by atoms with E-state index in [4.69, 9.17) is 27.9 Å². The minimum Gasteiger partial charge on any atom is -0.484 e. The first kappa shape index (κ1) is 13.5. The number of ether oxygens (including phenoxy) is 1. The van der Waals surface area contributed by atoms with Crippen molar-refractivity contribution in [3.05, 3.63) is 28.2 Å². The fraction of sp³-hybridized carbons (Fsp3) is 0.462. The van der Waals surface area contributed by atoms with E-state index in [0.29, 0.717) is 21.7 Å². The Bertz CT molecular complexity index is 447. The Balaban J connectivity index is 1.79. The van der Waals surface area contributed by atoms with Gasteiger partial charge in [0.2, 0.25) is 0 Å². The predicted molar refractivity (Wildman–Crippen MR) is 72.3 cm³/mol. The van der Waals surface area contributed by atoms with Crippen molar-refractivity contribution < 1.29 is 9.53 Å². The second-order valence-electron chi connectivity index (χ2n) is 4.56. The standard InChI is InChI=1S/C13H15Cl2NO2/c1-8(9-2-3-9)16-13(17)7-18-10-4-5-11(14)12(15)6-10/h4-6,8-9H,2-3,7H2,1H3,(H,16,17). The van der Waals surface area contributed by atoms with E-state index in [1.54, 1.807) is 18.2 Å². The first-order valence-corrected chi connectivity index (χ1v) is 6.69. The molecule has 3 nitrogen and oxygen atoms in total. The van der Waals surface area contributed by atoms with Crippen LogP contribution in [0.1, 0.15) is 19.8 Å². The van der Waals surface area contributed by atoms with E-state index in [-0.39, 0.29) is 18.6 Å². The highest BCUT2D eigenvalue weighted by molar-refractivity contribution is 6.42. The van der Waals surface area contributed by atoms with Crippen LogP contribution in [0.3, 0.4) is 0 Å². The number of carbonyl (C=O) groups is 1. The second-order valence-corrected chi connectivity index (χ2v) is 5.37. The molecule has 1 aromatic carbocycles. The summed E-state index contributed by atoms with van der Waals surface area (Å²) in [4.78, 5) is 11.6. The Kier molecular flexibility index (Phi) is 4.36. The van der Waals surface area contributed by atoms with Gasteiger partial charge in [-0.2, -0.15) is 0 Å². The third-order valence-corrected chi connectivity index (χ3v) is 3.72. The molecule has 0 aromatic heterocycles. The molecule has 1 unspecified atom stereocenters. The first-order chi connectivity index (χ1) is 8.56. The summed E-state index contributed by atoms with van der Waals surface area (Å²) in [6.07, 6.45) is 2.41. The van der Waals surface area contributed by atoms with Gasteiger partial charge in [0.15, 0.2) is 6.61 Å². The van der Waals surface area contributed by atoms with Gasteiger partial charge >= 0.3 is 0 Å². The van der Waals surface area contributed by atoms with Crippen LogP contribution in [0.4, 0.5) is 0 Å². The van der Waals surface area contributed by atoms with E-state index in [1.807, 2.05) is 6.92 Å². The Labute approximate surface area is 116 Å². The number of rotatable bonds is 5. The molecule has 1 atom stereocenters. The summed E-state index contributed by atoms with van der Waals surface area (Å²) in [5.41, 5.74) is 0. The molecule has 5 heteroatoms. The van der Waals surface area contributed by atoms with Crippen LogP contribution < -0.4 is 10.1 Å². The molecule has 0 heterocycles. The van der Waals surface area contributed by atoms with Crippen molar-refractivity contribution >= 4 is 29.1 Å². The van der Waals surface area contributed by atoms with Crippen molar-refractivity contribution in [1.82, 2.24) is 5.32 Å². The maximum atomic E-state index is 11.6.